The van der Waals surface area contributed by atoms with Crippen molar-refractivity contribution in [1.82, 2.24) is 0 Å². The van der Waals surface area contributed by atoms with Gasteiger partial charge < -0.3 is 4.74 Å². The third kappa shape index (κ3) is 3.88. The Morgan fingerprint density at radius 2 is 1.82 bits per heavy atom. The summed E-state index contributed by atoms with van der Waals surface area (Å²) < 4.78 is 5.64. The van der Waals surface area contributed by atoms with Gasteiger partial charge in [-0.15, -0.1) is 0 Å². The van der Waals surface area contributed by atoms with Gasteiger partial charge in [0.2, 0.25) is 0 Å². The number of carbonyl (C=O) groups is 1. The highest BCUT2D eigenvalue weighted by atomic mass is 16.5. The molecule has 0 N–H and O–H groups in total. The summed E-state index contributed by atoms with van der Waals surface area (Å²) in [6, 6.07) is 7.91. The number of benzene rings is 1. The summed E-state index contributed by atoms with van der Waals surface area (Å²) in [4.78, 5) is 11.6. The number of hydrogen-bond acceptors (Lipinski definition) is 2. The van der Waals surface area contributed by atoms with Crippen LogP contribution in [0.15, 0.2) is 24.3 Å². The Morgan fingerprint density at radius 3 is 2.35 bits per heavy atom. The summed E-state index contributed by atoms with van der Waals surface area (Å²) in [7, 11) is 0. The molecule has 0 fully saturated rings. The van der Waals surface area contributed by atoms with Crippen LogP contribution in [-0.4, -0.2) is 12.4 Å². The molecule has 0 heterocycles. The van der Waals surface area contributed by atoms with Crippen molar-refractivity contribution >= 4 is 5.78 Å². The second-order valence-corrected chi connectivity index (χ2v) is 5.66. The normalized spacial score (nSPS) is 11.6. The maximum Gasteiger partial charge on any atom is 0.172 e. The van der Waals surface area contributed by atoms with Gasteiger partial charge in [0, 0.05) is 5.92 Å². The van der Waals surface area contributed by atoms with Gasteiger partial charge in [0.05, 0.1) is 0 Å². The van der Waals surface area contributed by atoms with E-state index in [0.717, 1.165) is 11.3 Å². The third-order valence-electron chi connectivity index (χ3n) is 2.71. The third-order valence-corrected chi connectivity index (χ3v) is 2.71. The quantitative estimate of drug-likeness (QED) is 0.795. The van der Waals surface area contributed by atoms with E-state index < -0.39 is 0 Å². The van der Waals surface area contributed by atoms with E-state index in [1.807, 2.05) is 32.0 Å². The molecule has 0 radical (unpaired) electrons. The van der Waals surface area contributed by atoms with Crippen LogP contribution in [0.4, 0.5) is 0 Å². The summed E-state index contributed by atoms with van der Waals surface area (Å²) in [5, 5.41) is 0. The standard InChI is InChI=1S/C15H22O2/c1-11(2)13(16)10-17-14-9-7-6-8-12(14)15(3,4)5/h6-9,11H,10H2,1-5H3. The minimum absolute atomic E-state index is 0.0248. The predicted molar refractivity (Wildman–Crippen MR) is 70.5 cm³/mol. The van der Waals surface area contributed by atoms with E-state index in [9.17, 15) is 4.79 Å². The average Bonchev–Trinajstić information content (AvgIpc) is 2.24. The highest BCUT2D eigenvalue weighted by Gasteiger charge is 2.19. The monoisotopic (exact) mass is 234 g/mol. The molecule has 2 nitrogen and oxygen atoms in total. The molecule has 1 rings (SSSR count). The van der Waals surface area contributed by atoms with E-state index in [1.165, 1.54) is 0 Å². The van der Waals surface area contributed by atoms with Gasteiger partial charge in [-0.2, -0.15) is 0 Å². The fraction of sp³-hybridized carbons (Fsp3) is 0.533. The van der Waals surface area contributed by atoms with Crippen LogP contribution in [0.25, 0.3) is 0 Å². The second kappa shape index (κ2) is 5.35. The number of hydrogen-bond donors (Lipinski definition) is 0. The molecular weight excluding hydrogens is 212 g/mol. The van der Waals surface area contributed by atoms with E-state index in [-0.39, 0.29) is 23.7 Å². The van der Waals surface area contributed by atoms with Gasteiger partial charge in [-0.3, -0.25) is 4.79 Å². The molecule has 0 aliphatic rings. The fourth-order valence-corrected chi connectivity index (χ4v) is 1.53. The molecule has 0 saturated heterocycles. The van der Waals surface area contributed by atoms with Crippen LogP contribution < -0.4 is 4.74 Å². The van der Waals surface area contributed by atoms with Crippen molar-refractivity contribution in [2.75, 3.05) is 6.61 Å². The molecule has 17 heavy (non-hydrogen) atoms. The van der Waals surface area contributed by atoms with Gasteiger partial charge in [-0.25, -0.2) is 0 Å². The van der Waals surface area contributed by atoms with Crippen molar-refractivity contribution in [3.05, 3.63) is 29.8 Å². The first-order valence-corrected chi connectivity index (χ1v) is 6.07. The lowest BCUT2D eigenvalue weighted by Crippen LogP contribution is -2.19. The highest BCUT2D eigenvalue weighted by molar-refractivity contribution is 5.81. The molecule has 0 aliphatic carbocycles. The lowest BCUT2D eigenvalue weighted by molar-refractivity contribution is -0.123. The van der Waals surface area contributed by atoms with Crippen molar-refractivity contribution in [3.8, 4) is 5.75 Å². The van der Waals surface area contributed by atoms with Crippen molar-refractivity contribution < 1.29 is 9.53 Å². The molecule has 2 heteroatoms. The van der Waals surface area contributed by atoms with E-state index in [4.69, 9.17) is 4.74 Å². The summed E-state index contributed by atoms with van der Waals surface area (Å²) >= 11 is 0. The molecule has 0 spiro atoms. The SMILES string of the molecule is CC(C)C(=O)COc1ccccc1C(C)(C)C. The smallest absolute Gasteiger partial charge is 0.172 e. The van der Waals surface area contributed by atoms with Crippen LogP contribution in [-0.2, 0) is 10.2 Å². The maximum atomic E-state index is 11.6. The van der Waals surface area contributed by atoms with Gasteiger partial charge in [0.25, 0.3) is 0 Å². The fourth-order valence-electron chi connectivity index (χ4n) is 1.53. The molecule has 0 unspecified atom stereocenters. The Hall–Kier alpha value is -1.31. The topological polar surface area (TPSA) is 26.3 Å². The molecule has 1 aromatic carbocycles. The van der Waals surface area contributed by atoms with Gasteiger partial charge in [-0.05, 0) is 17.0 Å². The van der Waals surface area contributed by atoms with Gasteiger partial charge >= 0.3 is 0 Å². The molecule has 0 saturated carbocycles. The van der Waals surface area contributed by atoms with E-state index in [1.54, 1.807) is 0 Å². The Bertz CT molecular complexity index is 386. The Morgan fingerprint density at radius 1 is 1.24 bits per heavy atom. The second-order valence-electron chi connectivity index (χ2n) is 5.66. The number of rotatable bonds is 4. The van der Waals surface area contributed by atoms with Crippen LogP contribution in [0.1, 0.15) is 40.2 Å². The Kier molecular flexibility index (Phi) is 4.33. The summed E-state index contributed by atoms with van der Waals surface area (Å²) in [6.07, 6.45) is 0. The predicted octanol–water partition coefficient (Wildman–Crippen LogP) is 3.59. The zero-order valence-electron chi connectivity index (χ0n) is 11.4. The summed E-state index contributed by atoms with van der Waals surface area (Å²) in [5.74, 6) is 0.972. The van der Waals surface area contributed by atoms with Crippen LogP contribution in [0.2, 0.25) is 0 Å². The first-order valence-electron chi connectivity index (χ1n) is 6.07. The van der Waals surface area contributed by atoms with Crippen molar-refractivity contribution in [3.63, 3.8) is 0 Å². The van der Waals surface area contributed by atoms with E-state index in [0.29, 0.717) is 0 Å². The van der Waals surface area contributed by atoms with Crippen molar-refractivity contribution in [2.45, 2.75) is 40.0 Å². The Labute approximate surface area is 104 Å². The summed E-state index contributed by atoms with van der Waals surface area (Å²) in [5.41, 5.74) is 1.16. The Balaban J connectivity index is 2.82. The minimum atomic E-state index is 0.0248. The van der Waals surface area contributed by atoms with Crippen LogP contribution in [0, 0.1) is 5.92 Å². The number of para-hydroxylation sites is 1. The molecule has 0 bridgehead atoms. The first-order chi connectivity index (χ1) is 7.82. The number of carbonyl (C=O) groups excluding carboxylic acids is 1. The van der Waals surface area contributed by atoms with Gasteiger partial charge in [0.1, 0.15) is 12.4 Å². The number of Topliss-reactive ketones (excluding diaryl/α,β-unsaturated/α-hetero) is 1. The van der Waals surface area contributed by atoms with Gasteiger partial charge in [0.15, 0.2) is 5.78 Å². The largest absolute Gasteiger partial charge is 0.486 e. The van der Waals surface area contributed by atoms with E-state index >= 15 is 0 Å². The zero-order valence-corrected chi connectivity index (χ0v) is 11.4. The first kappa shape index (κ1) is 13.8. The van der Waals surface area contributed by atoms with Crippen molar-refractivity contribution in [1.29, 1.82) is 0 Å². The highest BCUT2D eigenvalue weighted by Crippen LogP contribution is 2.30. The lowest BCUT2D eigenvalue weighted by atomic mass is 9.86. The van der Waals surface area contributed by atoms with Crippen molar-refractivity contribution in [2.24, 2.45) is 5.92 Å². The maximum absolute atomic E-state index is 11.6. The lowest BCUT2D eigenvalue weighted by Gasteiger charge is -2.22. The molecule has 0 aliphatic heterocycles. The van der Waals surface area contributed by atoms with Crippen LogP contribution >= 0.6 is 0 Å². The number of ether oxygens (including phenoxy) is 1. The van der Waals surface area contributed by atoms with E-state index in [2.05, 4.69) is 26.8 Å². The molecule has 94 valence electrons. The molecule has 1 aromatic rings. The molecular formula is C15H22O2. The average molecular weight is 234 g/mol. The van der Waals surface area contributed by atoms with Crippen LogP contribution in [0.5, 0.6) is 5.75 Å². The molecule has 0 atom stereocenters. The zero-order chi connectivity index (χ0) is 13.1. The van der Waals surface area contributed by atoms with Crippen LogP contribution in [0.3, 0.4) is 0 Å². The molecule has 0 aromatic heterocycles. The molecule has 0 amide bonds. The minimum Gasteiger partial charge on any atom is -0.486 e. The van der Waals surface area contributed by atoms with Gasteiger partial charge in [-0.1, -0.05) is 52.8 Å². The number of ketones is 1. The summed E-state index contributed by atoms with van der Waals surface area (Å²) in [6.45, 7) is 10.4.